The third-order valence-corrected chi connectivity index (χ3v) is 5.34. The normalized spacial score (nSPS) is 11.1. The average molecular weight is 363 g/mol. The van der Waals surface area contributed by atoms with Crippen LogP contribution in [0.15, 0.2) is 52.6 Å². The summed E-state index contributed by atoms with van der Waals surface area (Å²) >= 11 is 1.72. The predicted molar refractivity (Wildman–Crippen MR) is 105 cm³/mol. The molecule has 0 radical (unpaired) electrons. The lowest BCUT2D eigenvalue weighted by molar-refractivity contribution is 0.0954. The minimum Gasteiger partial charge on any atom is -0.352 e. The molecule has 5 nitrogen and oxygen atoms in total. The summed E-state index contributed by atoms with van der Waals surface area (Å²) in [6, 6.07) is 13.3. The number of hydrogen-bond donors (Lipinski definition) is 2. The van der Waals surface area contributed by atoms with Crippen LogP contribution < -0.4 is 10.9 Å². The molecule has 0 atom stereocenters. The molecule has 0 aliphatic heterocycles. The number of aromatic amines is 1. The molecule has 130 valence electrons. The number of aromatic nitrogens is 2. The van der Waals surface area contributed by atoms with E-state index < -0.39 is 0 Å². The molecule has 26 heavy (non-hydrogen) atoms. The van der Waals surface area contributed by atoms with Crippen molar-refractivity contribution in [3.8, 4) is 0 Å². The summed E-state index contributed by atoms with van der Waals surface area (Å²) in [5.41, 5.74) is 2.06. The van der Waals surface area contributed by atoms with Gasteiger partial charge in [0.25, 0.3) is 11.5 Å². The van der Waals surface area contributed by atoms with Gasteiger partial charge in [-0.05, 0) is 53.9 Å². The number of hydrogen-bond acceptors (Lipinski definition) is 4. The fourth-order valence-corrected chi connectivity index (χ4v) is 4.03. The molecule has 4 rings (SSSR count). The number of fused-ring (bicyclic) bond motifs is 2. The first kappa shape index (κ1) is 16.5. The molecular formula is C20H17N3O2S. The van der Waals surface area contributed by atoms with E-state index >= 15 is 0 Å². The Morgan fingerprint density at radius 1 is 1.19 bits per heavy atom. The molecule has 0 aliphatic carbocycles. The maximum absolute atomic E-state index is 12.4. The van der Waals surface area contributed by atoms with Crippen LogP contribution in [0.4, 0.5) is 0 Å². The second kappa shape index (κ2) is 6.72. The fraction of sp³-hybridized carbons (Fsp3) is 0.150. The van der Waals surface area contributed by atoms with Gasteiger partial charge in [0.2, 0.25) is 0 Å². The SMILES string of the molecule is Cc1nc2ccc(C(=O)NCCc3csc4ccccc34)cc2c(=O)[nH]1. The minimum absolute atomic E-state index is 0.189. The number of nitrogens with zero attached hydrogens (tertiary/aromatic N) is 1. The number of carbonyl (C=O) groups is 1. The number of thiophene rings is 1. The van der Waals surface area contributed by atoms with Crippen molar-refractivity contribution in [2.75, 3.05) is 6.54 Å². The molecule has 0 spiro atoms. The zero-order valence-electron chi connectivity index (χ0n) is 14.2. The summed E-state index contributed by atoms with van der Waals surface area (Å²) in [7, 11) is 0. The van der Waals surface area contributed by atoms with Crippen LogP contribution in [0.1, 0.15) is 21.7 Å². The molecule has 0 saturated heterocycles. The maximum atomic E-state index is 12.4. The van der Waals surface area contributed by atoms with Crippen molar-refractivity contribution >= 4 is 38.2 Å². The standard InChI is InChI=1S/C20H17N3O2S/c1-12-22-17-7-6-13(10-16(17)20(25)23-12)19(24)21-9-8-14-11-26-18-5-3-2-4-15(14)18/h2-7,10-11H,8-9H2,1H3,(H,21,24)(H,22,23,25). The zero-order valence-corrected chi connectivity index (χ0v) is 15.0. The Hall–Kier alpha value is -2.99. The van der Waals surface area contributed by atoms with Crippen molar-refractivity contribution in [2.24, 2.45) is 0 Å². The third kappa shape index (κ3) is 3.11. The van der Waals surface area contributed by atoms with Gasteiger partial charge in [0.1, 0.15) is 5.82 Å². The first-order chi connectivity index (χ1) is 12.6. The van der Waals surface area contributed by atoms with E-state index in [2.05, 4.69) is 32.8 Å². The van der Waals surface area contributed by atoms with Crippen LogP contribution in [0.5, 0.6) is 0 Å². The van der Waals surface area contributed by atoms with Crippen LogP contribution in [-0.4, -0.2) is 22.4 Å². The summed E-state index contributed by atoms with van der Waals surface area (Å²) in [5, 5.41) is 6.73. The van der Waals surface area contributed by atoms with Gasteiger partial charge in [-0.1, -0.05) is 18.2 Å². The van der Waals surface area contributed by atoms with E-state index in [1.807, 2.05) is 12.1 Å². The second-order valence-corrected chi connectivity index (χ2v) is 7.06. The summed E-state index contributed by atoms with van der Waals surface area (Å²) in [6.07, 6.45) is 0.769. The van der Waals surface area contributed by atoms with Crippen molar-refractivity contribution in [1.29, 1.82) is 0 Å². The topological polar surface area (TPSA) is 74.8 Å². The van der Waals surface area contributed by atoms with Gasteiger partial charge in [-0.15, -0.1) is 11.3 Å². The highest BCUT2D eigenvalue weighted by Gasteiger charge is 2.10. The van der Waals surface area contributed by atoms with E-state index in [4.69, 9.17) is 0 Å². The Morgan fingerprint density at radius 2 is 2.04 bits per heavy atom. The predicted octanol–water partition coefficient (Wildman–Crippen LogP) is 3.42. The second-order valence-electron chi connectivity index (χ2n) is 6.15. The Labute approximate surface area is 153 Å². The summed E-state index contributed by atoms with van der Waals surface area (Å²) in [6.45, 7) is 2.27. The number of amides is 1. The number of carbonyl (C=O) groups excluding carboxylic acids is 1. The summed E-state index contributed by atoms with van der Waals surface area (Å²) < 4.78 is 1.25. The smallest absolute Gasteiger partial charge is 0.258 e. The van der Waals surface area contributed by atoms with Gasteiger partial charge in [-0.25, -0.2) is 4.98 Å². The molecule has 0 fully saturated rings. The number of rotatable bonds is 4. The summed E-state index contributed by atoms with van der Waals surface area (Å²) in [5.74, 6) is 0.370. The molecule has 2 heterocycles. The largest absolute Gasteiger partial charge is 0.352 e. The van der Waals surface area contributed by atoms with E-state index in [9.17, 15) is 9.59 Å². The molecule has 2 aromatic heterocycles. The zero-order chi connectivity index (χ0) is 18.1. The van der Waals surface area contributed by atoms with Crippen molar-refractivity contribution < 1.29 is 4.79 Å². The highest BCUT2D eigenvalue weighted by Crippen LogP contribution is 2.25. The Morgan fingerprint density at radius 3 is 2.92 bits per heavy atom. The molecule has 1 amide bonds. The van der Waals surface area contributed by atoms with Gasteiger partial charge < -0.3 is 10.3 Å². The Bertz CT molecular complexity index is 1180. The quantitative estimate of drug-likeness (QED) is 0.583. The average Bonchev–Trinajstić information content (AvgIpc) is 3.04. The number of benzene rings is 2. The van der Waals surface area contributed by atoms with Crippen LogP contribution in [0.2, 0.25) is 0 Å². The maximum Gasteiger partial charge on any atom is 0.258 e. The van der Waals surface area contributed by atoms with Crippen molar-refractivity contribution in [3.05, 3.63) is 75.1 Å². The molecular weight excluding hydrogens is 346 g/mol. The monoisotopic (exact) mass is 363 g/mol. The van der Waals surface area contributed by atoms with Gasteiger partial charge in [0, 0.05) is 16.8 Å². The lowest BCUT2D eigenvalue weighted by Crippen LogP contribution is -2.25. The van der Waals surface area contributed by atoms with Crippen LogP contribution >= 0.6 is 11.3 Å². The van der Waals surface area contributed by atoms with Gasteiger partial charge >= 0.3 is 0 Å². The molecule has 0 unspecified atom stereocenters. The first-order valence-electron chi connectivity index (χ1n) is 8.36. The van der Waals surface area contributed by atoms with Crippen LogP contribution in [0.25, 0.3) is 21.0 Å². The Kier molecular flexibility index (Phi) is 4.26. The number of nitrogens with one attached hydrogen (secondary N) is 2. The molecule has 0 bridgehead atoms. The Balaban J connectivity index is 1.48. The molecule has 2 aromatic carbocycles. The summed E-state index contributed by atoms with van der Waals surface area (Å²) in [4.78, 5) is 31.4. The molecule has 0 saturated carbocycles. The van der Waals surface area contributed by atoms with Gasteiger partial charge in [-0.3, -0.25) is 9.59 Å². The van der Waals surface area contributed by atoms with Crippen LogP contribution in [0.3, 0.4) is 0 Å². The molecule has 0 aliphatic rings. The van der Waals surface area contributed by atoms with Crippen molar-refractivity contribution in [1.82, 2.24) is 15.3 Å². The van der Waals surface area contributed by atoms with Crippen molar-refractivity contribution in [3.63, 3.8) is 0 Å². The first-order valence-corrected chi connectivity index (χ1v) is 9.24. The number of H-pyrrole nitrogens is 1. The molecule has 6 heteroatoms. The van der Waals surface area contributed by atoms with E-state index in [0.29, 0.717) is 28.8 Å². The lowest BCUT2D eigenvalue weighted by Gasteiger charge is -2.06. The van der Waals surface area contributed by atoms with E-state index in [0.717, 1.165) is 6.42 Å². The molecule has 2 N–H and O–H groups in total. The number of aryl methyl sites for hydroxylation is 1. The van der Waals surface area contributed by atoms with E-state index in [1.54, 1.807) is 36.5 Å². The van der Waals surface area contributed by atoms with Gasteiger partial charge in [0.05, 0.1) is 10.9 Å². The van der Waals surface area contributed by atoms with Crippen LogP contribution in [-0.2, 0) is 6.42 Å². The molecule has 4 aromatic rings. The van der Waals surface area contributed by atoms with Crippen molar-refractivity contribution in [2.45, 2.75) is 13.3 Å². The highest BCUT2D eigenvalue weighted by molar-refractivity contribution is 7.17. The fourth-order valence-electron chi connectivity index (χ4n) is 3.04. The lowest BCUT2D eigenvalue weighted by atomic mass is 10.1. The highest BCUT2D eigenvalue weighted by atomic mass is 32.1. The van der Waals surface area contributed by atoms with Gasteiger partial charge in [-0.2, -0.15) is 0 Å². The van der Waals surface area contributed by atoms with Crippen LogP contribution in [0, 0.1) is 6.92 Å². The third-order valence-electron chi connectivity index (χ3n) is 4.33. The van der Waals surface area contributed by atoms with E-state index in [1.165, 1.54) is 15.6 Å². The van der Waals surface area contributed by atoms with Gasteiger partial charge in [0.15, 0.2) is 0 Å². The minimum atomic E-state index is -0.230. The van der Waals surface area contributed by atoms with E-state index in [-0.39, 0.29) is 11.5 Å².